The number of rotatable bonds is 2. The van der Waals surface area contributed by atoms with E-state index in [1.807, 2.05) is 0 Å². The molecule has 0 unspecified atom stereocenters. The van der Waals surface area contributed by atoms with Crippen molar-refractivity contribution < 1.29 is 14.7 Å². The summed E-state index contributed by atoms with van der Waals surface area (Å²) in [6.45, 7) is 1.01. The first kappa shape index (κ1) is 13.7. The molecule has 3 N–H and O–H groups in total. The topological polar surface area (TPSA) is 83.6 Å². The lowest BCUT2D eigenvalue weighted by Crippen LogP contribution is -2.41. The Kier molecular flexibility index (Phi) is 3.95. The van der Waals surface area contributed by atoms with Crippen LogP contribution in [0.4, 0.5) is 0 Å². The van der Waals surface area contributed by atoms with Crippen LogP contribution in [0.2, 0.25) is 5.02 Å². The first-order valence-corrected chi connectivity index (χ1v) is 6.44. The van der Waals surface area contributed by atoms with Crippen molar-refractivity contribution in [3.8, 4) is 5.75 Å². The van der Waals surface area contributed by atoms with Crippen LogP contribution in [-0.4, -0.2) is 34.9 Å². The minimum absolute atomic E-state index is 0.0503. The van der Waals surface area contributed by atoms with Crippen molar-refractivity contribution >= 4 is 23.4 Å². The average Bonchev–Trinajstić information content (AvgIpc) is 2.41. The number of amides is 2. The van der Waals surface area contributed by atoms with Crippen molar-refractivity contribution in [2.45, 2.75) is 12.8 Å². The van der Waals surface area contributed by atoms with Gasteiger partial charge in [0.25, 0.3) is 5.91 Å². The molecule has 102 valence electrons. The highest BCUT2D eigenvalue weighted by Crippen LogP contribution is 2.25. The molecular weight excluding hydrogens is 268 g/mol. The maximum atomic E-state index is 12.2. The Morgan fingerprint density at radius 1 is 1.32 bits per heavy atom. The lowest BCUT2D eigenvalue weighted by Gasteiger charge is -2.30. The Morgan fingerprint density at radius 3 is 2.47 bits per heavy atom. The molecule has 0 atom stereocenters. The van der Waals surface area contributed by atoms with Gasteiger partial charge in [0, 0.05) is 24.6 Å². The largest absolute Gasteiger partial charge is 0.506 e. The number of phenols is 1. The Labute approximate surface area is 116 Å². The summed E-state index contributed by atoms with van der Waals surface area (Å²) < 4.78 is 0. The second-order valence-electron chi connectivity index (χ2n) is 4.64. The van der Waals surface area contributed by atoms with Crippen LogP contribution in [0.5, 0.6) is 5.75 Å². The smallest absolute Gasteiger partial charge is 0.253 e. The van der Waals surface area contributed by atoms with Gasteiger partial charge in [-0.15, -0.1) is 0 Å². The fourth-order valence-electron chi connectivity index (χ4n) is 2.19. The summed E-state index contributed by atoms with van der Waals surface area (Å²) in [5.41, 5.74) is 5.68. The van der Waals surface area contributed by atoms with Crippen LogP contribution in [0.1, 0.15) is 23.2 Å². The highest BCUT2D eigenvalue weighted by Gasteiger charge is 2.26. The highest BCUT2D eigenvalue weighted by molar-refractivity contribution is 6.32. The van der Waals surface area contributed by atoms with E-state index in [-0.39, 0.29) is 28.5 Å². The Balaban J connectivity index is 2.05. The Bertz CT molecular complexity index is 511. The second-order valence-corrected chi connectivity index (χ2v) is 5.04. The summed E-state index contributed by atoms with van der Waals surface area (Å²) >= 11 is 5.78. The van der Waals surface area contributed by atoms with Crippen molar-refractivity contribution in [3.05, 3.63) is 28.8 Å². The molecule has 0 bridgehead atoms. The maximum Gasteiger partial charge on any atom is 0.253 e. The van der Waals surface area contributed by atoms with Gasteiger partial charge in [-0.2, -0.15) is 0 Å². The zero-order valence-corrected chi connectivity index (χ0v) is 11.1. The number of primary amides is 1. The normalized spacial score (nSPS) is 16.4. The van der Waals surface area contributed by atoms with Crippen molar-refractivity contribution in [2.24, 2.45) is 11.7 Å². The third kappa shape index (κ3) is 2.98. The first-order chi connectivity index (χ1) is 8.99. The van der Waals surface area contributed by atoms with E-state index in [1.165, 1.54) is 18.2 Å². The van der Waals surface area contributed by atoms with E-state index in [2.05, 4.69) is 0 Å². The molecule has 1 aromatic rings. The summed E-state index contributed by atoms with van der Waals surface area (Å²) in [6, 6.07) is 4.37. The fourth-order valence-corrected chi connectivity index (χ4v) is 2.37. The van der Waals surface area contributed by atoms with Crippen LogP contribution in [0.25, 0.3) is 0 Å². The number of likely N-dealkylation sites (tertiary alicyclic amines) is 1. The van der Waals surface area contributed by atoms with Crippen molar-refractivity contribution in [1.82, 2.24) is 4.90 Å². The third-order valence-electron chi connectivity index (χ3n) is 3.38. The number of piperidine rings is 1. The first-order valence-electron chi connectivity index (χ1n) is 6.06. The van der Waals surface area contributed by atoms with Gasteiger partial charge < -0.3 is 15.7 Å². The van der Waals surface area contributed by atoms with Crippen LogP contribution in [0.3, 0.4) is 0 Å². The van der Waals surface area contributed by atoms with Gasteiger partial charge in [-0.3, -0.25) is 9.59 Å². The highest BCUT2D eigenvalue weighted by atomic mass is 35.5. The van der Waals surface area contributed by atoms with Crippen LogP contribution < -0.4 is 5.73 Å². The lowest BCUT2D eigenvalue weighted by atomic mass is 9.96. The maximum absolute atomic E-state index is 12.2. The van der Waals surface area contributed by atoms with E-state index < -0.39 is 0 Å². The molecule has 1 aromatic carbocycles. The van der Waals surface area contributed by atoms with Gasteiger partial charge in [-0.1, -0.05) is 11.6 Å². The number of phenolic OH excluding ortho intramolecular Hbond substituents is 1. The molecule has 1 saturated heterocycles. The Hall–Kier alpha value is -1.75. The van der Waals surface area contributed by atoms with Crippen LogP contribution in [-0.2, 0) is 4.79 Å². The van der Waals surface area contributed by atoms with E-state index >= 15 is 0 Å². The standard InChI is InChI=1S/C13H15ClN2O3/c14-10-7-9(1-2-11(10)17)13(19)16-5-3-8(4-6-16)12(15)18/h1-2,7-8,17H,3-6H2,(H2,15,18). The summed E-state index contributed by atoms with van der Waals surface area (Å²) in [5, 5.41) is 9.47. The van der Waals surface area contributed by atoms with Crippen molar-refractivity contribution in [2.75, 3.05) is 13.1 Å². The van der Waals surface area contributed by atoms with Crippen molar-refractivity contribution in [1.29, 1.82) is 0 Å². The van der Waals surface area contributed by atoms with Crippen LogP contribution in [0.15, 0.2) is 18.2 Å². The number of nitrogens with two attached hydrogens (primary N) is 1. The number of halogens is 1. The zero-order chi connectivity index (χ0) is 14.0. The molecule has 2 amide bonds. The average molecular weight is 283 g/mol. The fraction of sp³-hybridized carbons (Fsp3) is 0.385. The van der Waals surface area contributed by atoms with Crippen molar-refractivity contribution in [3.63, 3.8) is 0 Å². The molecule has 1 aliphatic rings. The predicted molar refractivity (Wildman–Crippen MR) is 70.9 cm³/mol. The Morgan fingerprint density at radius 2 is 1.95 bits per heavy atom. The second kappa shape index (κ2) is 5.48. The summed E-state index contributed by atoms with van der Waals surface area (Å²) in [6.07, 6.45) is 1.18. The van der Waals surface area contributed by atoms with Gasteiger partial charge in [0.15, 0.2) is 0 Å². The number of hydrogen-bond donors (Lipinski definition) is 2. The number of aromatic hydroxyl groups is 1. The summed E-state index contributed by atoms with van der Waals surface area (Å²) in [4.78, 5) is 24.9. The van der Waals surface area contributed by atoms with E-state index in [0.717, 1.165) is 0 Å². The zero-order valence-electron chi connectivity index (χ0n) is 10.3. The lowest BCUT2D eigenvalue weighted by molar-refractivity contribution is -0.123. The molecule has 5 nitrogen and oxygen atoms in total. The van der Waals surface area contributed by atoms with Gasteiger partial charge in [0.05, 0.1) is 5.02 Å². The van der Waals surface area contributed by atoms with Gasteiger partial charge in [0.1, 0.15) is 5.75 Å². The molecule has 2 rings (SSSR count). The summed E-state index contributed by atoms with van der Waals surface area (Å²) in [7, 11) is 0. The predicted octanol–water partition coefficient (Wildman–Crippen LogP) is 1.38. The minimum atomic E-state index is -0.306. The van der Waals surface area contributed by atoms with Gasteiger partial charge in [0.2, 0.25) is 5.91 Å². The molecule has 0 saturated carbocycles. The number of nitrogens with zero attached hydrogens (tertiary/aromatic N) is 1. The van der Waals surface area contributed by atoms with Crippen LogP contribution in [0, 0.1) is 5.92 Å². The molecule has 6 heteroatoms. The quantitative estimate of drug-likeness (QED) is 0.859. The van der Waals surface area contributed by atoms with Crippen LogP contribution >= 0.6 is 11.6 Å². The molecule has 0 spiro atoms. The molecule has 1 aliphatic heterocycles. The summed E-state index contributed by atoms with van der Waals surface area (Å²) in [5.74, 6) is -0.650. The molecule has 19 heavy (non-hydrogen) atoms. The van der Waals surface area contributed by atoms with Gasteiger partial charge >= 0.3 is 0 Å². The van der Waals surface area contributed by atoms with E-state index in [1.54, 1.807) is 4.90 Å². The monoisotopic (exact) mass is 282 g/mol. The number of carbonyl (C=O) groups is 2. The van der Waals surface area contributed by atoms with E-state index in [4.69, 9.17) is 17.3 Å². The minimum Gasteiger partial charge on any atom is -0.506 e. The number of carbonyl (C=O) groups excluding carboxylic acids is 2. The molecule has 0 radical (unpaired) electrons. The molecule has 1 heterocycles. The van der Waals surface area contributed by atoms with Gasteiger partial charge in [-0.25, -0.2) is 0 Å². The third-order valence-corrected chi connectivity index (χ3v) is 3.68. The molecule has 0 aromatic heterocycles. The SMILES string of the molecule is NC(=O)C1CCN(C(=O)c2ccc(O)c(Cl)c2)CC1. The molecule has 0 aliphatic carbocycles. The van der Waals surface area contributed by atoms with E-state index in [0.29, 0.717) is 31.5 Å². The molecular formula is C13H15ClN2O3. The van der Waals surface area contributed by atoms with Gasteiger partial charge in [-0.05, 0) is 31.0 Å². The number of benzene rings is 1. The molecule has 1 fully saturated rings. The van der Waals surface area contributed by atoms with E-state index in [9.17, 15) is 14.7 Å². The number of hydrogen-bond acceptors (Lipinski definition) is 3.